The summed E-state index contributed by atoms with van der Waals surface area (Å²) in [7, 11) is -1.84. The third-order valence-corrected chi connectivity index (χ3v) is 3.09. The van der Waals surface area contributed by atoms with Crippen LogP contribution < -0.4 is 5.46 Å². The van der Waals surface area contributed by atoms with Crippen LogP contribution in [0.25, 0.3) is 0 Å². The lowest BCUT2D eigenvalue weighted by atomic mass is 9.79. The molecule has 0 spiro atoms. The Hall–Kier alpha value is -1.93. The van der Waals surface area contributed by atoms with E-state index in [0.29, 0.717) is 13.1 Å². The first kappa shape index (κ1) is 13.5. The monoisotopic (exact) mass is 264 g/mol. The molecular formula is C11H13BN2O5. The number of benzene rings is 1. The molecule has 0 aliphatic carbocycles. The summed E-state index contributed by atoms with van der Waals surface area (Å²) in [5, 5.41) is 29.0. The van der Waals surface area contributed by atoms with E-state index < -0.39 is 12.0 Å². The fraction of sp³-hybridized carbons (Fsp3) is 0.364. The van der Waals surface area contributed by atoms with Crippen molar-refractivity contribution in [3.63, 3.8) is 0 Å². The minimum atomic E-state index is -1.84. The highest BCUT2D eigenvalue weighted by Crippen LogP contribution is 2.17. The number of nitro groups is 1. The Labute approximate surface area is 109 Å². The first-order valence-electron chi connectivity index (χ1n) is 5.94. The SMILES string of the molecule is O=C(c1cc(B(O)O)cc([N+](=O)[O-])c1)N1CCCC1. The van der Waals surface area contributed by atoms with E-state index in [1.165, 1.54) is 6.07 Å². The molecule has 0 radical (unpaired) electrons. The third-order valence-electron chi connectivity index (χ3n) is 3.09. The van der Waals surface area contributed by atoms with Gasteiger partial charge in [-0.05, 0) is 24.4 Å². The molecule has 0 aromatic heterocycles. The summed E-state index contributed by atoms with van der Waals surface area (Å²) in [6.45, 7) is 1.25. The fourth-order valence-corrected chi connectivity index (χ4v) is 2.12. The molecule has 7 nitrogen and oxygen atoms in total. The molecule has 1 aromatic carbocycles. The van der Waals surface area contributed by atoms with Crippen molar-refractivity contribution in [1.29, 1.82) is 0 Å². The molecule has 1 saturated heterocycles. The van der Waals surface area contributed by atoms with E-state index in [4.69, 9.17) is 10.0 Å². The number of nitro benzene ring substituents is 1. The van der Waals surface area contributed by atoms with Gasteiger partial charge in [-0.25, -0.2) is 0 Å². The van der Waals surface area contributed by atoms with Gasteiger partial charge in [0.1, 0.15) is 0 Å². The summed E-state index contributed by atoms with van der Waals surface area (Å²) < 4.78 is 0. The molecule has 19 heavy (non-hydrogen) atoms. The van der Waals surface area contributed by atoms with Crippen LogP contribution >= 0.6 is 0 Å². The van der Waals surface area contributed by atoms with E-state index in [1.807, 2.05) is 0 Å². The van der Waals surface area contributed by atoms with Gasteiger partial charge in [0, 0.05) is 30.8 Å². The molecule has 1 aromatic rings. The molecule has 1 heterocycles. The van der Waals surface area contributed by atoms with Gasteiger partial charge in [0.2, 0.25) is 0 Å². The van der Waals surface area contributed by atoms with Gasteiger partial charge in [-0.3, -0.25) is 14.9 Å². The van der Waals surface area contributed by atoms with E-state index in [0.717, 1.165) is 25.0 Å². The van der Waals surface area contributed by atoms with Gasteiger partial charge in [0.25, 0.3) is 11.6 Å². The molecule has 0 saturated carbocycles. The molecule has 0 bridgehead atoms. The second-order valence-corrected chi connectivity index (χ2v) is 4.44. The Morgan fingerprint density at radius 1 is 1.26 bits per heavy atom. The number of carbonyl (C=O) groups is 1. The van der Waals surface area contributed by atoms with Gasteiger partial charge < -0.3 is 14.9 Å². The molecule has 0 unspecified atom stereocenters. The van der Waals surface area contributed by atoms with E-state index in [9.17, 15) is 14.9 Å². The maximum Gasteiger partial charge on any atom is 0.488 e. The number of hydrogen-bond acceptors (Lipinski definition) is 5. The van der Waals surface area contributed by atoms with Gasteiger partial charge in [0.05, 0.1) is 4.92 Å². The Kier molecular flexibility index (Phi) is 3.82. The van der Waals surface area contributed by atoms with Crippen LogP contribution in [0, 0.1) is 10.1 Å². The molecule has 1 amide bonds. The number of amides is 1. The van der Waals surface area contributed by atoms with Crippen molar-refractivity contribution >= 4 is 24.2 Å². The number of non-ortho nitro benzene ring substituents is 1. The molecule has 2 N–H and O–H groups in total. The number of hydrogen-bond donors (Lipinski definition) is 2. The molecule has 1 fully saturated rings. The topological polar surface area (TPSA) is 104 Å². The Morgan fingerprint density at radius 3 is 2.42 bits per heavy atom. The standard InChI is InChI=1S/C11H13BN2O5/c15-11(13-3-1-2-4-13)8-5-9(12(16)17)7-10(6-8)14(18)19/h5-7,16-17H,1-4H2. The van der Waals surface area contributed by atoms with E-state index in [2.05, 4.69) is 0 Å². The number of likely N-dealkylation sites (tertiary alicyclic amines) is 1. The van der Waals surface area contributed by atoms with Crippen molar-refractivity contribution in [2.24, 2.45) is 0 Å². The Balaban J connectivity index is 2.38. The second kappa shape index (κ2) is 5.37. The maximum absolute atomic E-state index is 12.1. The summed E-state index contributed by atoms with van der Waals surface area (Å²) in [5.41, 5.74) is -0.274. The minimum absolute atomic E-state index is 0.0586. The van der Waals surface area contributed by atoms with Crippen LogP contribution in [0.2, 0.25) is 0 Å². The summed E-state index contributed by atoms with van der Waals surface area (Å²) in [5.74, 6) is -0.317. The predicted molar refractivity (Wildman–Crippen MR) is 68.1 cm³/mol. The van der Waals surface area contributed by atoms with Gasteiger partial charge in [-0.15, -0.1) is 0 Å². The summed E-state index contributed by atoms with van der Waals surface area (Å²) >= 11 is 0. The first-order valence-corrected chi connectivity index (χ1v) is 5.94. The van der Waals surface area contributed by atoms with Gasteiger partial charge in [-0.2, -0.15) is 0 Å². The highest BCUT2D eigenvalue weighted by atomic mass is 16.6. The van der Waals surface area contributed by atoms with Crippen LogP contribution in [0.1, 0.15) is 23.2 Å². The van der Waals surface area contributed by atoms with Crippen LogP contribution in [-0.2, 0) is 0 Å². The number of nitrogens with zero attached hydrogens (tertiary/aromatic N) is 2. The van der Waals surface area contributed by atoms with Crippen molar-refractivity contribution in [2.75, 3.05) is 13.1 Å². The zero-order chi connectivity index (χ0) is 14.0. The molecule has 100 valence electrons. The molecule has 1 aliphatic rings. The maximum atomic E-state index is 12.1. The largest absolute Gasteiger partial charge is 0.488 e. The lowest BCUT2D eigenvalue weighted by Crippen LogP contribution is -2.33. The van der Waals surface area contributed by atoms with Gasteiger partial charge in [0.15, 0.2) is 0 Å². The number of carbonyl (C=O) groups excluding carboxylic acids is 1. The molecule has 0 atom stereocenters. The van der Waals surface area contributed by atoms with Gasteiger partial charge >= 0.3 is 7.12 Å². The summed E-state index contributed by atoms with van der Waals surface area (Å²) in [4.78, 5) is 23.9. The predicted octanol–water partition coefficient (Wildman–Crippen LogP) is -0.489. The van der Waals surface area contributed by atoms with Crippen molar-refractivity contribution in [3.05, 3.63) is 33.9 Å². The van der Waals surface area contributed by atoms with Crippen LogP contribution in [0.15, 0.2) is 18.2 Å². The molecule has 1 aliphatic heterocycles. The lowest BCUT2D eigenvalue weighted by Gasteiger charge is -2.15. The van der Waals surface area contributed by atoms with E-state index >= 15 is 0 Å². The van der Waals surface area contributed by atoms with Gasteiger partial charge in [-0.1, -0.05) is 0 Å². The van der Waals surface area contributed by atoms with Crippen molar-refractivity contribution in [2.45, 2.75) is 12.8 Å². The quantitative estimate of drug-likeness (QED) is 0.435. The zero-order valence-electron chi connectivity index (χ0n) is 10.2. The molecular weight excluding hydrogens is 251 g/mol. The van der Waals surface area contributed by atoms with Crippen molar-refractivity contribution < 1.29 is 19.8 Å². The lowest BCUT2D eigenvalue weighted by molar-refractivity contribution is -0.384. The van der Waals surface area contributed by atoms with E-state index in [1.54, 1.807) is 4.90 Å². The number of rotatable bonds is 3. The smallest absolute Gasteiger partial charge is 0.423 e. The third kappa shape index (κ3) is 2.91. The Morgan fingerprint density at radius 2 is 1.89 bits per heavy atom. The Bertz CT molecular complexity index is 514. The fourth-order valence-electron chi connectivity index (χ4n) is 2.12. The van der Waals surface area contributed by atoms with Crippen LogP contribution in [0.3, 0.4) is 0 Å². The minimum Gasteiger partial charge on any atom is -0.423 e. The van der Waals surface area contributed by atoms with Crippen LogP contribution in [-0.4, -0.2) is 46.0 Å². The molecule has 2 rings (SSSR count). The van der Waals surface area contributed by atoms with E-state index in [-0.39, 0.29) is 22.6 Å². The molecule has 8 heteroatoms. The highest BCUT2D eigenvalue weighted by molar-refractivity contribution is 6.58. The van der Waals surface area contributed by atoms with Crippen molar-refractivity contribution in [1.82, 2.24) is 4.90 Å². The normalized spacial score (nSPS) is 14.5. The zero-order valence-corrected chi connectivity index (χ0v) is 10.2. The van der Waals surface area contributed by atoms with Crippen LogP contribution in [0.5, 0.6) is 0 Å². The summed E-state index contributed by atoms with van der Waals surface area (Å²) in [6.07, 6.45) is 1.83. The van der Waals surface area contributed by atoms with Crippen LogP contribution in [0.4, 0.5) is 5.69 Å². The summed E-state index contributed by atoms with van der Waals surface area (Å²) in [6, 6.07) is 3.48. The van der Waals surface area contributed by atoms with Crippen molar-refractivity contribution in [3.8, 4) is 0 Å². The second-order valence-electron chi connectivity index (χ2n) is 4.44. The highest BCUT2D eigenvalue weighted by Gasteiger charge is 2.24. The average Bonchev–Trinajstić information content (AvgIpc) is 2.91. The average molecular weight is 264 g/mol. The first-order chi connectivity index (χ1) is 8.99.